The lowest BCUT2D eigenvalue weighted by Gasteiger charge is -2.58. The molecule has 2 radical (unpaired) electrons. The van der Waals surface area contributed by atoms with Crippen LogP contribution in [0.2, 0.25) is 0 Å². The van der Waals surface area contributed by atoms with Crippen molar-refractivity contribution in [3.8, 4) is 0 Å². The largest absolute Gasteiger partial charge is 0.394 e. The highest BCUT2D eigenvalue weighted by Crippen LogP contribution is 2.44. The molecule has 0 saturated carbocycles. The number of ether oxygens (including phenoxy) is 1. The van der Waals surface area contributed by atoms with Crippen LogP contribution >= 0.6 is 0 Å². The molecule has 1 rings (SSSR count). The average Bonchev–Trinajstić information content (AvgIpc) is 2.08. The summed E-state index contributed by atoms with van der Waals surface area (Å²) in [6.07, 6.45) is -1.11. The molecule has 106 valence electrons. The monoisotopic (exact) mass is 262 g/mol. The first-order valence-electron chi connectivity index (χ1n) is 5.86. The fraction of sp³-hybridized carbons (Fsp3) is 0.917. The Balaban J connectivity index is 3.35. The van der Waals surface area contributed by atoms with Gasteiger partial charge in [-0.3, -0.25) is 0 Å². The quantitative estimate of drug-likeness (QED) is 0.465. The van der Waals surface area contributed by atoms with E-state index in [-0.39, 0.29) is 4.48 Å². The topological polar surface area (TPSA) is 90.2 Å². The molecule has 0 spiro atoms. The van der Waals surface area contributed by atoms with E-state index in [4.69, 9.17) is 11.8 Å². The van der Waals surface area contributed by atoms with Crippen LogP contribution in [-0.4, -0.2) is 74.7 Å². The lowest BCUT2D eigenvalue weighted by atomic mass is 9.70. The number of nitrogens with zero attached hydrogens (tertiary/aromatic N) is 1. The zero-order valence-corrected chi connectivity index (χ0v) is 11.6. The number of quaternary nitrogens is 1. The van der Waals surface area contributed by atoms with Gasteiger partial charge in [0.25, 0.3) is 0 Å². The van der Waals surface area contributed by atoms with Crippen molar-refractivity contribution in [2.24, 2.45) is 0 Å². The van der Waals surface area contributed by atoms with E-state index in [1.165, 1.54) is 20.8 Å². The maximum Gasteiger partial charge on any atom is 0.219 e. The zero-order valence-electron chi connectivity index (χ0n) is 11.6. The molecule has 0 aromatic rings. The Morgan fingerprint density at radius 2 is 1.56 bits per heavy atom. The first kappa shape index (κ1) is 15.8. The van der Waals surface area contributed by atoms with Crippen molar-refractivity contribution in [1.82, 2.24) is 0 Å². The van der Waals surface area contributed by atoms with E-state index in [1.54, 1.807) is 14.1 Å². The molecular formula is C12H24NO5+. The number of rotatable bonds is 2. The van der Waals surface area contributed by atoms with E-state index < -0.39 is 35.7 Å². The minimum Gasteiger partial charge on any atom is -0.394 e. The van der Waals surface area contributed by atoms with Crippen molar-refractivity contribution in [2.75, 3.05) is 20.7 Å². The van der Waals surface area contributed by atoms with Gasteiger partial charge in [0.15, 0.2) is 6.04 Å². The summed E-state index contributed by atoms with van der Waals surface area (Å²) in [4.78, 5) is 0. The molecule has 0 aromatic heterocycles. The van der Waals surface area contributed by atoms with E-state index >= 15 is 0 Å². The lowest BCUT2D eigenvalue weighted by molar-refractivity contribution is -0.898. The molecule has 1 aliphatic heterocycles. The Morgan fingerprint density at radius 3 is 1.89 bits per heavy atom. The number of hydrogen-bond acceptors (Lipinski definition) is 5. The van der Waals surface area contributed by atoms with Gasteiger partial charge in [0.2, 0.25) is 12.8 Å². The van der Waals surface area contributed by atoms with Gasteiger partial charge in [-0.2, -0.15) is 0 Å². The summed E-state index contributed by atoms with van der Waals surface area (Å²) >= 11 is 0. The second kappa shape index (κ2) is 4.13. The van der Waals surface area contributed by atoms with Crippen LogP contribution < -0.4 is 0 Å². The van der Waals surface area contributed by atoms with Crippen LogP contribution in [0, 0.1) is 7.05 Å². The molecular weight excluding hydrogens is 238 g/mol. The van der Waals surface area contributed by atoms with Crippen molar-refractivity contribution in [2.45, 2.75) is 49.9 Å². The van der Waals surface area contributed by atoms with E-state index in [1.807, 2.05) is 0 Å². The number of aliphatic hydroxyl groups excluding tert-OH is 1. The van der Waals surface area contributed by atoms with E-state index in [9.17, 15) is 20.4 Å². The summed E-state index contributed by atoms with van der Waals surface area (Å²) < 4.78 is 5.02. The zero-order chi connectivity index (χ0) is 14.6. The number of likely N-dealkylation sites (N-methyl/N-ethyl adjacent to an activating group) is 1. The van der Waals surface area contributed by atoms with Crippen LogP contribution in [0.15, 0.2) is 0 Å². The van der Waals surface area contributed by atoms with Gasteiger partial charge in [-0.15, -0.1) is 0 Å². The lowest BCUT2D eigenvalue weighted by Crippen LogP contribution is -2.81. The normalized spacial score (nSPS) is 50.3. The average molecular weight is 262 g/mol. The van der Waals surface area contributed by atoms with E-state index in [0.717, 1.165) is 0 Å². The minimum absolute atomic E-state index is 0.297. The summed E-state index contributed by atoms with van der Waals surface area (Å²) in [6, 6.07) is -0.997. The van der Waals surface area contributed by atoms with Gasteiger partial charge in [0.1, 0.15) is 17.3 Å². The summed E-state index contributed by atoms with van der Waals surface area (Å²) in [5, 5.41) is 40.6. The fourth-order valence-electron chi connectivity index (χ4n) is 3.07. The van der Waals surface area contributed by atoms with Crippen molar-refractivity contribution >= 4 is 0 Å². The smallest absolute Gasteiger partial charge is 0.219 e. The van der Waals surface area contributed by atoms with Gasteiger partial charge in [-0.25, -0.2) is 0 Å². The van der Waals surface area contributed by atoms with Gasteiger partial charge >= 0.3 is 0 Å². The summed E-state index contributed by atoms with van der Waals surface area (Å²) in [7, 11) is 9.08. The maximum absolute atomic E-state index is 10.6. The summed E-state index contributed by atoms with van der Waals surface area (Å²) in [6.45, 7) is 3.57. The molecule has 1 fully saturated rings. The van der Waals surface area contributed by atoms with Crippen molar-refractivity contribution in [3.05, 3.63) is 7.05 Å². The predicted octanol–water partition coefficient (Wildman–Crippen LogP) is -1.30. The second-order valence-electron chi connectivity index (χ2n) is 6.17. The van der Waals surface area contributed by atoms with Crippen LogP contribution in [-0.2, 0) is 4.74 Å². The summed E-state index contributed by atoms with van der Waals surface area (Å²) in [5.74, 6) is -1.78. The molecule has 5 unspecified atom stereocenters. The van der Waals surface area contributed by atoms with E-state index in [2.05, 4.69) is 0 Å². The Morgan fingerprint density at radius 1 is 1.11 bits per heavy atom. The molecule has 6 nitrogen and oxygen atoms in total. The van der Waals surface area contributed by atoms with Gasteiger partial charge < -0.3 is 29.6 Å². The number of hydrogen-bond donors (Lipinski definition) is 4. The highest BCUT2D eigenvalue weighted by atomic mass is 16.7. The van der Waals surface area contributed by atoms with Gasteiger partial charge in [-0.1, -0.05) is 0 Å². The van der Waals surface area contributed by atoms with E-state index in [0.29, 0.717) is 0 Å². The van der Waals surface area contributed by atoms with Crippen molar-refractivity contribution in [3.63, 3.8) is 0 Å². The Kier molecular flexibility index (Phi) is 3.63. The first-order valence-corrected chi connectivity index (χ1v) is 5.86. The van der Waals surface area contributed by atoms with Gasteiger partial charge in [-0.05, 0) is 20.8 Å². The molecule has 0 aliphatic carbocycles. The third-order valence-corrected chi connectivity index (χ3v) is 3.90. The Labute approximate surface area is 108 Å². The van der Waals surface area contributed by atoms with Crippen molar-refractivity contribution in [1.29, 1.82) is 0 Å². The van der Waals surface area contributed by atoms with Crippen LogP contribution in [0.1, 0.15) is 20.8 Å². The maximum atomic E-state index is 10.6. The molecule has 5 atom stereocenters. The van der Waals surface area contributed by atoms with Gasteiger partial charge in [0, 0.05) is 0 Å². The van der Waals surface area contributed by atoms with Crippen LogP contribution in [0.4, 0.5) is 0 Å². The highest BCUT2D eigenvalue weighted by Gasteiger charge is 2.68. The second-order valence-corrected chi connectivity index (χ2v) is 6.17. The molecule has 6 heteroatoms. The molecule has 4 N–H and O–H groups in total. The first-order chi connectivity index (χ1) is 7.78. The standard InChI is InChI=1S/C12H24NO5/c1-10(15)8(7-14)18-12(3,17)9(11(10,2)16)13(4,5)6/h4,8-9,14-17H,7H2,1-3,5-6H3/q+1. The van der Waals surface area contributed by atoms with Crippen LogP contribution in [0.5, 0.6) is 0 Å². The Bertz CT molecular complexity index is 319. The van der Waals surface area contributed by atoms with Crippen LogP contribution in [0.25, 0.3) is 0 Å². The fourth-order valence-corrected chi connectivity index (χ4v) is 3.07. The minimum atomic E-state index is -1.78. The van der Waals surface area contributed by atoms with Crippen LogP contribution in [0.3, 0.4) is 0 Å². The van der Waals surface area contributed by atoms with Crippen molar-refractivity contribution < 1.29 is 29.6 Å². The summed E-state index contributed by atoms with van der Waals surface area (Å²) in [5.41, 5.74) is -3.50. The highest BCUT2D eigenvalue weighted by molar-refractivity contribution is 5.11. The third-order valence-electron chi connectivity index (χ3n) is 3.90. The molecule has 0 bridgehead atoms. The molecule has 18 heavy (non-hydrogen) atoms. The third kappa shape index (κ3) is 2.17. The SMILES string of the molecule is [CH][N+](C)(C)C1C(C)(O)OC(CO)C(C)(O)C1(C)O. The molecule has 1 saturated heterocycles. The Hall–Kier alpha value is -0.240. The predicted molar refractivity (Wildman–Crippen MR) is 64.0 cm³/mol. The molecule has 1 heterocycles. The van der Waals surface area contributed by atoms with Gasteiger partial charge in [0.05, 0.1) is 20.7 Å². The molecule has 0 amide bonds. The molecule has 0 aromatic carbocycles. The molecule has 1 aliphatic rings. The number of aliphatic hydroxyl groups is 4.